The molecule has 1 aromatic rings. The Balaban J connectivity index is 1.47. The van der Waals surface area contributed by atoms with E-state index in [9.17, 15) is 4.79 Å². The second-order valence-corrected chi connectivity index (χ2v) is 5.51. The van der Waals surface area contributed by atoms with Crippen molar-refractivity contribution >= 4 is 5.91 Å². The molecule has 5 nitrogen and oxygen atoms in total. The third-order valence-corrected chi connectivity index (χ3v) is 3.90. The SMILES string of the molecule is O=C(C[C@@H]1COCCN1)NCc1cnc2c(c1)CCC2. The summed E-state index contributed by atoms with van der Waals surface area (Å²) in [5, 5.41) is 6.25. The number of carbonyl (C=O) groups is 1. The smallest absolute Gasteiger partial charge is 0.221 e. The van der Waals surface area contributed by atoms with Gasteiger partial charge >= 0.3 is 0 Å². The minimum atomic E-state index is 0.0634. The number of pyridine rings is 1. The van der Waals surface area contributed by atoms with Gasteiger partial charge in [0.15, 0.2) is 0 Å². The van der Waals surface area contributed by atoms with Gasteiger partial charge in [0, 0.05) is 37.4 Å². The van der Waals surface area contributed by atoms with Crippen molar-refractivity contribution in [3.63, 3.8) is 0 Å². The average Bonchev–Trinajstić information content (AvgIpc) is 2.93. The fourth-order valence-corrected chi connectivity index (χ4v) is 2.82. The Labute approximate surface area is 119 Å². The summed E-state index contributed by atoms with van der Waals surface area (Å²) < 4.78 is 5.34. The number of carbonyl (C=O) groups excluding carboxylic acids is 1. The maximum Gasteiger partial charge on any atom is 0.221 e. The summed E-state index contributed by atoms with van der Waals surface area (Å²) in [6, 6.07) is 2.32. The number of nitrogens with zero attached hydrogens (tertiary/aromatic N) is 1. The van der Waals surface area contributed by atoms with Gasteiger partial charge in [0.25, 0.3) is 0 Å². The summed E-state index contributed by atoms with van der Waals surface area (Å²) in [6.45, 7) is 2.74. The van der Waals surface area contributed by atoms with Crippen LogP contribution in [0.2, 0.25) is 0 Å². The van der Waals surface area contributed by atoms with Gasteiger partial charge in [-0.15, -0.1) is 0 Å². The van der Waals surface area contributed by atoms with Crippen LogP contribution in [0.5, 0.6) is 0 Å². The quantitative estimate of drug-likeness (QED) is 0.843. The predicted molar refractivity (Wildman–Crippen MR) is 75.3 cm³/mol. The van der Waals surface area contributed by atoms with Crippen molar-refractivity contribution in [1.29, 1.82) is 0 Å². The van der Waals surface area contributed by atoms with Crippen LogP contribution in [0.15, 0.2) is 12.3 Å². The van der Waals surface area contributed by atoms with Gasteiger partial charge in [-0.25, -0.2) is 0 Å². The summed E-state index contributed by atoms with van der Waals surface area (Å²) in [5.74, 6) is 0.0634. The lowest BCUT2D eigenvalue weighted by molar-refractivity contribution is -0.122. The van der Waals surface area contributed by atoms with Crippen LogP contribution in [-0.2, 0) is 28.9 Å². The monoisotopic (exact) mass is 275 g/mol. The van der Waals surface area contributed by atoms with Crippen molar-refractivity contribution in [2.45, 2.75) is 38.3 Å². The number of hydrogen-bond acceptors (Lipinski definition) is 4. The molecule has 0 radical (unpaired) electrons. The third-order valence-electron chi connectivity index (χ3n) is 3.90. The molecule has 1 aliphatic carbocycles. The van der Waals surface area contributed by atoms with Gasteiger partial charge in [0.1, 0.15) is 0 Å². The van der Waals surface area contributed by atoms with Crippen LogP contribution in [0.1, 0.15) is 29.7 Å². The number of morpholine rings is 1. The van der Waals surface area contributed by atoms with Gasteiger partial charge in [-0.3, -0.25) is 9.78 Å². The van der Waals surface area contributed by atoms with E-state index in [-0.39, 0.29) is 11.9 Å². The van der Waals surface area contributed by atoms with E-state index in [4.69, 9.17) is 4.74 Å². The van der Waals surface area contributed by atoms with Gasteiger partial charge in [-0.1, -0.05) is 6.07 Å². The lowest BCUT2D eigenvalue weighted by atomic mass is 10.1. The highest BCUT2D eigenvalue weighted by Crippen LogP contribution is 2.20. The molecule has 1 fully saturated rings. The van der Waals surface area contributed by atoms with E-state index in [1.54, 1.807) is 0 Å². The Bertz CT molecular complexity index is 484. The van der Waals surface area contributed by atoms with Crippen molar-refractivity contribution in [3.8, 4) is 0 Å². The number of fused-ring (bicyclic) bond motifs is 1. The second kappa shape index (κ2) is 6.33. The molecule has 0 bridgehead atoms. The molecular formula is C15H21N3O2. The van der Waals surface area contributed by atoms with Crippen molar-refractivity contribution in [1.82, 2.24) is 15.6 Å². The van der Waals surface area contributed by atoms with Crippen molar-refractivity contribution in [3.05, 3.63) is 29.1 Å². The number of amides is 1. The number of rotatable bonds is 4. The van der Waals surface area contributed by atoms with Crippen LogP contribution in [0.3, 0.4) is 0 Å². The molecular weight excluding hydrogens is 254 g/mol. The van der Waals surface area contributed by atoms with E-state index >= 15 is 0 Å². The molecule has 1 aromatic heterocycles. The Morgan fingerprint density at radius 2 is 2.45 bits per heavy atom. The first-order valence-corrected chi connectivity index (χ1v) is 7.36. The zero-order valence-electron chi connectivity index (χ0n) is 11.7. The van der Waals surface area contributed by atoms with E-state index in [1.807, 2.05) is 6.20 Å². The molecule has 3 rings (SSSR count). The largest absolute Gasteiger partial charge is 0.378 e. The van der Waals surface area contributed by atoms with Gasteiger partial charge < -0.3 is 15.4 Å². The molecule has 1 aliphatic heterocycles. The minimum absolute atomic E-state index is 0.0634. The number of aromatic nitrogens is 1. The fraction of sp³-hybridized carbons (Fsp3) is 0.600. The van der Waals surface area contributed by atoms with Gasteiger partial charge in [0.05, 0.1) is 13.2 Å². The molecule has 0 saturated carbocycles. The topological polar surface area (TPSA) is 63.2 Å². The third kappa shape index (κ3) is 3.35. The van der Waals surface area contributed by atoms with Gasteiger partial charge in [0.2, 0.25) is 5.91 Å². The summed E-state index contributed by atoms with van der Waals surface area (Å²) in [6.07, 6.45) is 5.76. The summed E-state index contributed by atoms with van der Waals surface area (Å²) in [5.41, 5.74) is 3.66. The maximum absolute atomic E-state index is 11.9. The van der Waals surface area contributed by atoms with Gasteiger partial charge in [-0.05, 0) is 30.4 Å². The first-order chi connectivity index (χ1) is 9.81. The van der Waals surface area contributed by atoms with Crippen molar-refractivity contribution in [2.24, 2.45) is 0 Å². The summed E-state index contributed by atoms with van der Waals surface area (Å²) in [4.78, 5) is 16.4. The fourth-order valence-electron chi connectivity index (χ4n) is 2.82. The lowest BCUT2D eigenvalue weighted by Gasteiger charge is -2.23. The second-order valence-electron chi connectivity index (χ2n) is 5.51. The lowest BCUT2D eigenvalue weighted by Crippen LogP contribution is -2.44. The highest BCUT2D eigenvalue weighted by atomic mass is 16.5. The summed E-state index contributed by atoms with van der Waals surface area (Å²) in [7, 11) is 0. The number of aryl methyl sites for hydroxylation is 2. The standard InChI is InChI=1S/C15H21N3O2/c19-15(7-13-10-20-5-4-16-13)18-9-11-6-12-2-1-3-14(12)17-8-11/h6,8,13,16H,1-5,7,9-10H2,(H,18,19)/t13-/m1/s1. The van der Waals surface area contributed by atoms with Crippen LogP contribution < -0.4 is 10.6 Å². The Morgan fingerprint density at radius 1 is 1.50 bits per heavy atom. The zero-order chi connectivity index (χ0) is 13.8. The van der Waals surface area contributed by atoms with Crippen LogP contribution in [-0.4, -0.2) is 36.7 Å². The number of hydrogen-bond donors (Lipinski definition) is 2. The van der Waals surface area contributed by atoms with Crippen LogP contribution in [0.4, 0.5) is 0 Å². The highest BCUT2D eigenvalue weighted by molar-refractivity contribution is 5.76. The Kier molecular flexibility index (Phi) is 4.28. The van der Waals surface area contributed by atoms with Crippen LogP contribution in [0, 0.1) is 0 Å². The molecule has 108 valence electrons. The zero-order valence-corrected chi connectivity index (χ0v) is 11.7. The maximum atomic E-state index is 11.9. The number of nitrogens with one attached hydrogen (secondary N) is 2. The number of ether oxygens (including phenoxy) is 1. The average molecular weight is 275 g/mol. The predicted octanol–water partition coefficient (Wildman–Crippen LogP) is 0.565. The molecule has 5 heteroatoms. The molecule has 2 N–H and O–H groups in total. The molecule has 2 aliphatic rings. The molecule has 0 unspecified atom stereocenters. The van der Waals surface area contributed by atoms with Crippen LogP contribution in [0.25, 0.3) is 0 Å². The first kappa shape index (κ1) is 13.5. The van der Waals surface area contributed by atoms with E-state index in [1.165, 1.54) is 17.7 Å². The highest BCUT2D eigenvalue weighted by Gasteiger charge is 2.17. The van der Waals surface area contributed by atoms with Crippen LogP contribution >= 0.6 is 0 Å². The Morgan fingerprint density at radius 3 is 3.30 bits per heavy atom. The minimum Gasteiger partial charge on any atom is -0.378 e. The van der Waals surface area contributed by atoms with Gasteiger partial charge in [-0.2, -0.15) is 0 Å². The molecule has 0 spiro atoms. The molecule has 20 heavy (non-hydrogen) atoms. The Hall–Kier alpha value is -1.46. The van der Waals surface area contributed by atoms with E-state index in [0.29, 0.717) is 19.6 Å². The van der Waals surface area contributed by atoms with E-state index in [0.717, 1.165) is 31.6 Å². The van der Waals surface area contributed by atoms with E-state index in [2.05, 4.69) is 21.7 Å². The normalized spacial score (nSPS) is 21.5. The molecule has 2 heterocycles. The molecule has 0 aromatic carbocycles. The van der Waals surface area contributed by atoms with E-state index < -0.39 is 0 Å². The molecule has 1 amide bonds. The summed E-state index contributed by atoms with van der Waals surface area (Å²) >= 11 is 0. The first-order valence-electron chi connectivity index (χ1n) is 7.36. The molecule has 1 atom stereocenters. The molecule has 1 saturated heterocycles. The van der Waals surface area contributed by atoms with Crippen molar-refractivity contribution < 1.29 is 9.53 Å². The van der Waals surface area contributed by atoms with Crippen molar-refractivity contribution in [2.75, 3.05) is 19.8 Å².